The summed E-state index contributed by atoms with van der Waals surface area (Å²) in [5, 5.41) is 5.96. The molecule has 0 saturated heterocycles. The van der Waals surface area contributed by atoms with E-state index in [0.29, 0.717) is 11.4 Å². The van der Waals surface area contributed by atoms with Gasteiger partial charge in [0, 0.05) is 11.8 Å². The van der Waals surface area contributed by atoms with Crippen molar-refractivity contribution in [2.24, 2.45) is 0 Å². The average Bonchev–Trinajstić information content (AvgIpc) is 2.67. The van der Waals surface area contributed by atoms with Gasteiger partial charge < -0.3 is 15.4 Å². The Morgan fingerprint density at radius 3 is 2.38 bits per heavy atom. The molecule has 0 aromatic heterocycles. The van der Waals surface area contributed by atoms with Crippen LogP contribution in [0.25, 0.3) is 0 Å². The second-order valence-corrected chi connectivity index (χ2v) is 6.03. The molecular formula is C22H22N2O2. The molecule has 0 saturated carbocycles. The summed E-state index contributed by atoms with van der Waals surface area (Å²) in [4.78, 5) is 12.6. The number of carbonyl (C=O) groups is 1. The maximum Gasteiger partial charge on any atom is 0.319 e. The van der Waals surface area contributed by atoms with Crippen LogP contribution in [0.3, 0.4) is 0 Å². The number of carbonyl (C=O) groups excluding carboxylic acids is 1. The molecule has 0 bridgehead atoms. The summed E-state index contributed by atoms with van der Waals surface area (Å²) in [6.45, 7) is 2.05. The summed E-state index contributed by atoms with van der Waals surface area (Å²) in [6, 6.07) is 24.8. The predicted molar refractivity (Wildman–Crippen MR) is 105 cm³/mol. The summed E-state index contributed by atoms with van der Waals surface area (Å²) in [7, 11) is 1.60. The normalized spacial score (nSPS) is 11.5. The van der Waals surface area contributed by atoms with Crippen LogP contribution in [0.15, 0.2) is 78.9 Å². The molecule has 3 aromatic carbocycles. The topological polar surface area (TPSA) is 50.4 Å². The molecule has 1 atom stereocenters. The van der Waals surface area contributed by atoms with Crippen LogP contribution in [0.5, 0.6) is 5.75 Å². The first-order valence-electron chi connectivity index (χ1n) is 8.49. The van der Waals surface area contributed by atoms with Gasteiger partial charge in [-0.15, -0.1) is 0 Å². The van der Waals surface area contributed by atoms with E-state index in [1.54, 1.807) is 13.2 Å². The molecule has 0 aliphatic rings. The Kier molecular flexibility index (Phi) is 5.54. The summed E-state index contributed by atoms with van der Waals surface area (Å²) in [5.41, 5.74) is 3.91. The number of benzene rings is 3. The van der Waals surface area contributed by atoms with Gasteiger partial charge in [-0.25, -0.2) is 4.79 Å². The zero-order valence-corrected chi connectivity index (χ0v) is 14.9. The van der Waals surface area contributed by atoms with E-state index in [1.165, 1.54) is 0 Å². The average molecular weight is 346 g/mol. The number of anilines is 1. The highest BCUT2D eigenvalue weighted by molar-refractivity contribution is 5.90. The minimum Gasteiger partial charge on any atom is -0.497 e. The second kappa shape index (κ2) is 8.21. The van der Waals surface area contributed by atoms with Crippen molar-refractivity contribution in [3.8, 4) is 5.75 Å². The van der Waals surface area contributed by atoms with Crippen molar-refractivity contribution in [1.29, 1.82) is 0 Å². The number of amides is 2. The number of rotatable bonds is 5. The fraction of sp³-hybridized carbons (Fsp3) is 0.136. The van der Waals surface area contributed by atoms with Gasteiger partial charge in [-0.05, 0) is 35.7 Å². The third-order valence-electron chi connectivity index (χ3n) is 4.24. The molecule has 3 rings (SSSR count). The lowest BCUT2D eigenvalue weighted by molar-refractivity contribution is 0.250. The molecule has 0 heterocycles. The first-order chi connectivity index (χ1) is 12.7. The lowest BCUT2D eigenvalue weighted by atomic mass is 9.95. The molecule has 0 aliphatic carbocycles. The Morgan fingerprint density at radius 1 is 0.923 bits per heavy atom. The van der Waals surface area contributed by atoms with Crippen LogP contribution in [0.1, 0.15) is 22.7 Å². The molecular weight excluding hydrogens is 324 g/mol. The third-order valence-corrected chi connectivity index (χ3v) is 4.24. The van der Waals surface area contributed by atoms with Gasteiger partial charge in [-0.1, -0.05) is 60.7 Å². The van der Waals surface area contributed by atoms with Crippen molar-refractivity contribution in [1.82, 2.24) is 5.32 Å². The lowest BCUT2D eigenvalue weighted by Crippen LogP contribution is -2.33. The number of ether oxygens (including phenoxy) is 1. The van der Waals surface area contributed by atoms with Crippen molar-refractivity contribution in [2.45, 2.75) is 13.0 Å². The van der Waals surface area contributed by atoms with E-state index in [0.717, 1.165) is 16.7 Å². The molecule has 0 aliphatic heterocycles. The van der Waals surface area contributed by atoms with E-state index in [4.69, 9.17) is 4.74 Å². The minimum absolute atomic E-state index is 0.233. The van der Waals surface area contributed by atoms with E-state index >= 15 is 0 Å². The van der Waals surface area contributed by atoms with E-state index < -0.39 is 0 Å². The van der Waals surface area contributed by atoms with Gasteiger partial charge in [0.15, 0.2) is 0 Å². The Bertz CT molecular complexity index is 878. The zero-order valence-electron chi connectivity index (χ0n) is 14.9. The summed E-state index contributed by atoms with van der Waals surface area (Å²) in [5.74, 6) is 0.696. The molecule has 4 heteroatoms. The predicted octanol–water partition coefficient (Wildman–Crippen LogP) is 4.91. The van der Waals surface area contributed by atoms with Gasteiger partial charge in [-0.3, -0.25) is 0 Å². The summed E-state index contributed by atoms with van der Waals surface area (Å²) >= 11 is 0. The molecule has 132 valence electrons. The van der Waals surface area contributed by atoms with Gasteiger partial charge in [-0.2, -0.15) is 0 Å². The van der Waals surface area contributed by atoms with Gasteiger partial charge >= 0.3 is 6.03 Å². The molecule has 4 nitrogen and oxygen atoms in total. The van der Waals surface area contributed by atoms with E-state index in [-0.39, 0.29) is 12.1 Å². The van der Waals surface area contributed by atoms with Crippen molar-refractivity contribution in [3.05, 3.63) is 95.6 Å². The van der Waals surface area contributed by atoms with Crippen LogP contribution in [0, 0.1) is 6.92 Å². The third kappa shape index (κ3) is 4.22. The number of urea groups is 1. The molecule has 2 N–H and O–H groups in total. The van der Waals surface area contributed by atoms with Crippen LogP contribution in [0.4, 0.5) is 10.5 Å². The van der Waals surface area contributed by atoms with Gasteiger partial charge in [0.05, 0.1) is 13.2 Å². The molecule has 26 heavy (non-hydrogen) atoms. The van der Waals surface area contributed by atoms with Gasteiger partial charge in [0.25, 0.3) is 0 Å². The number of aryl methyl sites for hydroxylation is 1. The van der Waals surface area contributed by atoms with Gasteiger partial charge in [0.2, 0.25) is 0 Å². The fourth-order valence-electron chi connectivity index (χ4n) is 2.90. The van der Waals surface area contributed by atoms with Crippen LogP contribution < -0.4 is 15.4 Å². The van der Waals surface area contributed by atoms with Crippen molar-refractivity contribution in [3.63, 3.8) is 0 Å². The van der Waals surface area contributed by atoms with Crippen LogP contribution in [-0.2, 0) is 0 Å². The van der Waals surface area contributed by atoms with Crippen LogP contribution in [0.2, 0.25) is 0 Å². The first kappa shape index (κ1) is 17.5. The monoisotopic (exact) mass is 346 g/mol. The Labute approximate surface area is 153 Å². The molecule has 0 spiro atoms. The first-order valence-corrected chi connectivity index (χ1v) is 8.49. The summed E-state index contributed by atoms with van der Waals surface area (Å²) < 4.78 is 5.20. The maximum absolute atomic E-state index is 12.6. The van der Waals surface area contributed by atoms with Crippen LogP contribution in [-0.4, -0.2) is 13.1 Å². The van der Waals surface area contributed by atoms with Gasteiger partial charge in [0.1, 0.15) is 5.75 Å². The highest BCUT2D eigenvalue weighted by Gasteiger charge is 2.18. The largest absolute Gasteiger partial charge is 0.497 e. The van der Waals surface area contributed by atoms with Crippen molar-refractivity contribution >= 4 is 11.7 Å². The number of hydrogen-bond acceptors (Lipinski definition) is 2. The van der Waals surface area contributed by atoms with Crippen molar-refractivity contribution < 1.29 is 9.53 Å². The minimum atomic E-state index is -0.268. The maximum atomic E-state index is 12.6. The Hall–Kier alpha value is -3.27. The Balaban J connectivity index is 1.84. The van der Waals surface area contributed by atoms with E-state index in [1.807, 2.05) is 79.7 Å². The fourth-order valence-corrected chi connectivity index (χ4v) is 2.90. The zero-order chi connectivity index (χ0) is 18.4. The molecule has 0 unspecified atom stereocenters. The van der Waals surface area contributed by atoms with E-state index in [9.17, 15) is 4.79 Å². The molecule has 2 amide bonds. The quantitative estimate of drug-likeness (QED) is 0.689. The van der Waals surface area contributed by atoms with Crippen LogP contribution >= 0.6 is 0 Å². The number of nitrogens with one attached hydrogen (secondary N) is 2. The number of methoxy groups -OCH3 is 1. The molecule has 0 radical (unpaired) electrons. The standard InChI is InChI=1S/C22H22N2O2/c1-16-9-6-7-14-20(16)21(17-10-4-3-5-11-17)24-22(25)23-18-12-8-13-19(15-18)26-2/h3-15,21H,1-2H3,(H2,23,24,25)/t21-/m1/s1. The van der Waals surface area contributed by atoms with E-state index in [2.05, 4.69) is 10.6 Å². The van der Waals surface area contributed by atoms with Crippen molar-refractivity contribution in [2.75, 3.05) is 12.4 Å². The molecule has 3 aromatic rings. The lowest BCUT2D eigenvalue weighted by Gasteiger charge is -2.22. The molecule has 0 fully saturated rings. The smallest absolute Gasteiger partial charge is 0.319 e. The highest BCUT2D eigenvalue weighted by atomic mass is 16.5. The Morgan fingerprint density at radius 2 is 1.65 bits per heavy atom. The summed E-state index contributed by atoms with van der Waals surface area (Å²) in [6.07, 6.45) is 0. The highest BCUT2D eigenvalue weighted by Crippen LogP contribution is 2.25. The number of hydrogen-bond donors (Lipinski definition) is 2. The SMILES string of the molecule is COc1cccc(NC(=O)N[C@H](c2ccccc2)c2ccccc2C)c1. The second-order valence-electron chi connectivity index (χ2n) is 6.03.